The van der Waals surface area contributed by atoms with Crippen molar-refractivity contribution in [1.82, 2.24) is 19.1 Å². The Labute approximate surface area is 325 Å². The average Bonchev–Trinajstić information content (AvgIpc) is 3.81. The number of methoxy groups -OCH3 is 2. The quantitative estimate of drug-likeness (QED) is 0.0701. The number of benzene rings is 4. The Bertz CT molecular complexity index is 2340. The summed E-state index contributed by atoms with van der Waals surface area (Å²) in [6.07, 6.45) is 3.45. The van der Waals surface area contributed by atoms with Crippen LogP contribution in [0.5, 0.6) is 0 Å². The summed E-state index contributed by atoms with van der Waals surface area (Å²) in [5, 5.41) is 1.07. The van der Waals surface area contributed by atoms with Gasteiger partial charge in [-0.15, -0.1) is 0 Å². The number of carbonyl (C=O) groups is 2. The van der Waals surface area contributed by atoms with Crippen molar-refractivity contribution in [3.8, 4) is 0 Å². The van der Waals surface area contributed by atoms with Gasteiger partial charge < -0.3 is 36.7 Å². The monoisotopic (exact) mass is 804 g/mol. The molecule has 0 spiro atoms. The van der Waals surface area contributed by atoms with E-state index in [1.165, 1.54) is 14.2 Å². The molecule has 0 aliphatic rings. The number of rotatable bonds is 16. The zero-order valence-electron chi connectivity index (χ0n) is 32.2. The first-order valence-corrected chi connectivity index (χ1v) is 21.1. The second-order valence-electron chi connectivity index (χ2n) is 12.1. The minimum Gasteiger partial charge on any atom is -0.465 e. The first-order valence-electron chi connectivity index (χ1n) is 18.0. The highest BCUT2D eigenvalue weighted by atomic mass is 31.2. The summed E-state index contributed by atoms with van der Waals surface area (Å²) in [7, 11) is -3.87. The highest BCUT2D eigenvalue weighted by Gasteiger charge is 2.27. The first kappa shape index (κ1) is 42.2. The molecule has 0 aliphatic carbocycles. The fourth-order valence-electron chi connectivity index (χ4n) is 5.88. The van der Waals surface area contributed by atoms with Gasteiger partial charge in [0.2, 0.25) is 0 Å². The van der Waals surface area contributed by atoms with Gasteiger partial charge in [0.25, 0.3) is 0 Å². The second kappa shape index (κ2) is 19.3. The molecule has 296 valence electrons. The molecule has 0 amide bonds. The molecule has 0 unspecified atom stereocenters. The van der Waals surface area contributed by atoms with E-state index in [2.05, 4.69) is 9.97 Å². The molecule has 14 nitrogen and oxygen atoms in total. The largest absolute Gasteiger partial charge is 0.465 e. The average molecular weight is 805 g/mol. The van der Waals surface area contributed by atoms with E-state index in [-0.39, 0.29) is 11.9 Å². The number of hydrogen-bond acceptors (Lipinski definition) is 12. The number of aromatic nitrogens is 4. The Hall–Kier alpha value is -4.94. The van der Waals surface area contributed by atoms with E-state index >= 15 is 0 Å². The Morgan fingerprint density at radius 2 is 0.946 bits per heavy atom. The van der Waals surface area contributed by atoms with Gasteiger partial charge in [0.15, 0.2) is 0 Å². The third-order valence-electron chi connectivity index (χ3n) is 8.49. The molecule has 0 fully saturated rings. The zero-order chi connectivity index (χ0) is 40.3. The number of ether oxygens (including phenoxy) is 2. The van der Waals surface area contributed by atoms with Crippen LogP contribution >= 0.6 is 15.2 Å². The summed E-state index contributed by atoms with van der Waals surface area (Å²) in [5.74, 6) is -0.776. The Morgan fingerprint density at radius 3 is 1.39 bits per heavy atom. The third kappa shape index (κ3) is 9.89. The summed E-state index contributed by atoms with van der Waals surface area (Å²) in [4.78, 5) is 32.2. The van der Waals surface area contributed by atoms with Crippen LogP contribution in [0.3, 0.4) is 0 Å². The number of carbonyl (C=O) groups excluding carboxylic acids is 2. The minimum absolute atomic E-state index is 0.308. The maximum Gasteiger partial charge on any atom is 0.361 e. The van der Waals surface area contributed by atoms with Crippen molar-refractivity contribution in [3.05, 3.63) is 120 Å². The highest BCUT2D eigenvalue weighted by molar-refractivity contribution is 7.62. The molecule has 0 atom stereocenters. The van der Waals surface area contributed by atoms with Crippen LogP contribution in [-0.4, -0.2) is 71.7 Å². The van der Waals surface area contributed by atoms with Crippen LogP contribution in [0, 0.1) is 0 Å². The highest BCUT2D eigenvalue weighted by Crippen LogP contribution is 2.47. The van der Waals surface area contributed by atoms with Gasteiger partial charge in [-0.05, 0) is 99.5 Å². The van der Waals surface area contributed by atoms with Crippen molar-refractivity contribution in [2.45, 2.75) is 40.8 Å². The van der Waals surface area contributed by atoms with Gasteiger partial charge >= 0.3 is 27.1 Å². The van der Waals surface area contributed by atoms with Crippen molar-refractivity contribution in [2.75, 3.05) is 40.6 Å². The lowest BCUT2D eigenvalue weighted by Gasteiger charge is -2.17. The van der Waals surface area contributed by atoms with Gasteiger partial charge in [0, 0.05) is 13.1 Å². The number of hydrogen-bond donors (Lipinski definition) is 0. The number of esters is 2. The maximum absolute atomic E-state index is 12.8. The Morgan fingerprint density at radius 1 is 0.536 bits per heavy atom. The molecule has 16 heteroatoms. The van der Waals surface area contributed by atoms with Crippen molar-refractivity contribution < 1.29 is 46.3 Å². The number of imidazole rings is 2. The van der Waals surface area contributed by atoms with Crippen LogP contribution < -0.4 is 10.6 Å². The molecule has 4 aromatic carbocycles. The summed E-state index contributed by atoms with van der Waals surface area (Å²) in [6, 6.07) is 25.2. The van der Waals surface area contributed by atoms with E-state index in [1.54, 1.807) is 94.9 Å². The van der Waals surface area contributed by atoms with Gasteiger partial charge in [-0.3, -0.25) is 9.13 Å². The van der Waals surface area contributed by atoms with E-state index < -0.39 is 15.2 Å². The van der Waals surface area contributed by atoms with Crippen LogP contribution in [0.1, 0.15) is 59.5 Å². The van der Waals surface area contributed by atoms with Gasteiger partial charge in [-0.2, -0.15) is 0 Å². The molecule has 0 bridgehead atoms. The van der Waals surface area contributed by atoms with E-state index in [0.29, 0.717) is 61.3 Å². The molecule has 0 saturated carbocycles. The summed E-state index contributed by atoms with van der Waals surface area (Å²) >= 11 is 0. The Kier molecular flexibility index (Phi) is 14.5. The second-order valence-corrected chi connectivity index (χ2v) is 16.2. The van der Waals surface area contributed by atoms with Crippen molar-refractivity contribution in [1.29, 1.82) is 0 Å². The number of fused-ring (bicyclic) bond motifs is 2. The fraction of sp³-hybridized carbons (Fsp3) is 0.300. The van der Waals surface area contributed by atoms with Gasteiger partial charge in [-0.1, -0.05) is 24.3 Å². The lowest BCUT2D eigenvalue weighted by atomic mass is 10.2. The molecule has 0 radical (unpaired) electrons. The molecule has 2 heterocycles. The molecule has 56 heavy (non-hydrogen) atoms. The predicted octanol–water partition coefficient (Wildman–Crippen LogP) is 7.53. The lowest BCUT2D eigenvalue weighted by molar-refractivity contribution is 0.0592. The van der Waals surface area contributed by atoms with Crippen molar-refractivity contribution >= 4 is 59.8 Å². The standard InChI is InChI=1S/2C20H23N2O5P/c1-4-26-28(24,27-5-2)17-9-6-15(7-10-17)13-22-14-21-18-12-16(20(23)25-3)8-11-19(18)22;1-4-26-28(24,27-5-2)17-9-6-15(7-10-17)13-22-14-21-18-11-8-16(12-19(18)22)20(23)25-3/h2*6-12,14H,4-5,13H2,1-3H3. The maximum atomic E-state index is 12.8. The summed E-state index contributed by atoms with van der Waals surface area (Å²) in [5.41, 5.74) is 6.20. The first-order chi connectivity index (χ1) is 27.0. The summed E-state index contributed by atoms with van der Waals surface area (Å²) in [6.45, 7) is 9.52. The molecular weight excluding hydrogens is 758 g/mol. The zero-order valence-corrected chi connectivity index (χ0v) is 34.0. The topological polar surface area (TPSA) is 159 Å². The Balaban J connectivity index is 0.000000214. The molecule has 2 aromatic heterocycles. The molecule has 0 saturated heterocycles. The SMILES string of the molecule is CCOP(=O)(OCC)c1ccc(Cn2cnc3cc(C(=O)OC)ccc32)cc1.CCOP(=O)(OCC)c1ccc(Cn2cnc3ccc(C(=O)OC)cc32)cc1. The molecule has 6 aromatic rings. The normalized spacial score (nSPS) is 11.7. The van der Waals surface area contributed by atoms with Crippen LogP contribution in [-0.2, 0) is 49.8 Å². The molecule has 0 aliphatic heterocycles. The smallest absolute Gasteiger partial charge is 0.361 e. The van der Waals surface area contributed by atoms with Crippen LogP contribution in [0.15, 0.2) is 97.6 Å². The van der Waals surface area contributed by atoms with Crippen LogP contribution in [0.4, 0.5) is 0 Å². The van der Waals surface area contributed by atoms with Gasteiger partial charge in [0.1, 0.15) is 0 Å². The summed E-state index contributed by atoms with van der Waals surface area (Å²) < 4.78 is 60.7. The van der Waals surface area contributed by atoms with Crippen LogP contribution in [0.25, 0.3) is 22.1 Å². The van der Waals surface area contributed by atoms with Gasteiger partial charge in [-0.25, -0.2) is 19.6 Å². The molecule has 0 N–H and O–H groups in total. The lowest BCUT2D eigenvalue weighted by Crippen LogP contribution is -2.11. The van der Waals surface area contributed by atoms with Crippen LogP contribution in [0.2, 0.25) is 0 Å². The molecule has 6 rings (SSSR count). The predicted molar refractivity (Wildman–Crippen MR) is 214 cm³/mol. The third-order valence-corrected chi connectivity index (χ3v) is 12.7. The fourth-order valence-corrected chi connectivity index (χ4v) is 9.01. The van der Waals surface area contributed by atoms with E-state index in [0.717, 1.165) is 33.2 Å². The van der Waals surface area contributed by atoms with Crippen molar-refractivity contribution in [3.63, 3.8) is 0 Å². The molecular formula is C40H46N4O10P2. The number of nitrogens with zero attached hydrogens (tertiary/aromatic N) is 4. The van der Waals surface area contributed by atoms with E-state index in [1.807, 2.05) is 39.5 Å². The van der Waals surface area contributed by atoms with E-state index in [4.69, 9.17) is 27.6 Å². The van der Waals surface area contributed by atoms with Crippen molar-refractivity contribution in [2.24, 2.45) is 0 Å². The van der Waals surface area contributed by atoms with Gasteiger partial charge in [0.05, 0.1) is 97.1 Å². The van der Waals surface area contributed by atoms with E-state index in [9.17, 15) is 18.7 Å². The minimum atomic E-state index is -3.29.